The van der Waals surface area contributed by atoms with E-state index in [9.17, 15) is 0 Å². The maximum Gasteiger partial charge on any atom is 0.123 e. The zero-order chi connectivity index (χ0) is 17.5. The van der Waals surface area contributed by atoms with Crippen molar-refractivity contribution in [2.24, 2.45) is 7.05 Å². The third kappa shape index (κ3) is 4.43. The molecule has 2 heterocycles. The third-order valence-electron chi connectivity index (χ3n) is 3.79. The Morgan fingerprint density at radius 1 is 1.12 bits per heavy atom. The molecule has 0 spiro atoms. The van der Waals surface area contributed by atoms with Crippen LogP contribution >= 0.6 is 0 Å². The van der Waals surface area contributed by atoms with Crippen molar-refractivity contribution in [3.63, 3.8) is 0 Å². The molecule has 130 valence electrons. The second kappa shape index (κ2) is 8.41. The summed E-state index contributed by atoms with van der Waals surface area (Å²) in [4.78, 5) is 4.17. The van der Waals surface area contributed by atoms with Gasteiger partial charge in [-0.15, -0.1) is 0 Å². The van der Waals surface area contributed by atoms with Crippen LogP contribution in [0, 0.1) is 0 Å². The lowest BCUT2D eigenvalue weighted by Crippen LogP contribution is -2.14. The maximum absolute atomic E-state index is 8.93. The predicted molar refractivity (Wildman–Crippen MR) is 96.0 cm³/mol. The van der Waals surface area contributed by atoms with Gasteiger partial charge in [0.15, 0.2) is 0 Å². The number of aromatic nitrogens is 3. The van der Waals surface area contributed by atoms with Gasteiger partial charge in [0.05, 0.1) is 12.3 Å². The van der Waals surface area contributed by atoms with Gasteiger partial charge < -0.3 is 15.2 Å². The van der Waals surface area contributed by atoms with Gasteiger partial charge in [0.1, 0.15) is 12.4 Å². The van der Waals surface area contributed by atoms with Gasteiger partial charge in [0.2, 0.25) is 0 Å². The van der Waals surface area contributed by atoms with Crippen LogP contribution in [0.4, 0.5) is 0 Å². The predicted octanol–water partition coefficient (Wildman–Crippen LogP) is 2.14. The molecule has 0 saturated carbocycles. The van der Waals surface area contributed by atoms with E-state index >= 15 is 0 Å². The van der Waals surface area contributed by atoms with Gasteiger partial charge in [0, 0.05) is 55.4 Å². The van der Waals surface area contributed by atoms with Crippen LogP contribution in [-0.2, 0) is 20.1 Å². The summed E-state index contributed by atoms with van der Waals surface area (Å²) >= 11 is 0. The fourth-order valence-corrected chi connectivity index (χ4v) is 2.69. The highest BCUT2D eigenvalue weighted by molar-refractivity contribution is 5.61. The average Bonchev–Trinajstić information content (AvgIpc) is 3.02. The van der Waals surface area contributed by atoms with Crippen molar-refractivity contribution in [1.82, 2.24) is 20.1 Å². The fraction of sp³-hybridized carbons (Fsp3) is 0.263. The first-order valence-corrected chi connectivity index (χ1v) is 8.23. The number of pyridine rings is 1. The minimum absolute atomic E-state index is 0.00587. The SMILES string of the molecule is Cn1cc(CNCc2ccccc2OCCO)c(-c2cccnc2)n1. The molecule has 0 aliphatic heterocycles. The highest BCUT2D eigenvalue weighted by Crippen LogP contribution is 2.21. The molecule has 0 radical (unpaired) electrons. The molecular weight excluding hydrogens is 316 g/mol. The van der Waals surface area contributed by atoms with Crippen LogP contribution in [0.15, 0.2) is 55.0 Å². The van der Waals surface area contributed by atoms with E-state index in [1.165, 1.54) is 0 Å². The molecule has 0 amide bonds. The summed E-state index contributed by atoms with van der Waals surface area (Å²) in [5.41, 5.74) is 4.12. The monoisotopic (exact) mass is 338 g/mol. The van der Waals surface area contributed by atoms with E-state index in [1.54, 1.807) is 6.20 Å². The van der Waals surface area contributed by atoms with Gasteiger partial charge in [0.25, 0.3) is 0 Å². The topological polar surface area (TPSA) is 72.2 Å². The second-order valence-corrected chi connectivity index (χ2v) is 5.70. The van der Waals surface area contributed by atoms with Gasteiger partial charge in [-0.25, -0.2) is 0 Å². The number of benzene rings is 1. The molecule has 6 heteroatoms. The Kier molecular flexibility index (Phi) is 5.77. The van der Waals surface area contributed by atoms with Gasteiger partial charge in [-0.1, -0.05) is 18.2 Å². The number of nitrogens with zero attached hydrogens (tertiary/aromatic N) is 3. The highest BCUT2D eigenvalue weighted by Gasteiger charge is 2.10. The normalized spacial score (nSPS) is 10.8. The number of aliphatic hydroxyl groups excluding tert-OH is 1. The largest absolute Gasteiger partial charge is 0.491 e. The molecule has 0 atom stereocenters. The van der Waals surface area contributed by atoms with E-state index in [4.69, 9.17) is 9.84 Å². The smallest absolute Gasteiger partial charge is 0.123 e. The van der Waals surface area contributed by atoms with E-state index < -0.39 is 0 Å². The van der Waals surface area contributed by atoms with Crippen LogP contribution in [0.1, 0.15) is 11.1 Å². The lowest BCUT2D eigenvalue weighted by Gasteiger charge is -2.11. The molecular formula is C19H22N4O2. The molecule has 0 fully saturated rings. The molecule has 0 unspecified atom stereocenters. The standard InChI is InChI=1S/C19H22N4O2/c1-23-14-17(19(22-23)16-6-4-8-20-12-16)13-21-11-15-5-2-3-7-18(15)25-10-9-24/h2-8,12,14,21,24H,9-11,13H2,1H3. The lowest BCUT2D eigenvalue weighted by molar-refractivity contribution is 0.200. The summed E-state index contributed by atoms with van der Waals surface area (Å²) in [5, 5.41) is 16.9. The van der Waals surface area contributed by atoms with Crippen LogP contribution in [0.25, 0.3) is 11.3 Å². The van der Waals surface area contributed by atoms with Gasteiger partial charge >= 0.3 is 0 Å². The Bertz CT molecular complexity index is 802. The van der Waals surface area contributed by atoms with Gasteiger partial charge in [-0.2, -0.15) is 5.10 Å². The molecule has 2 N–H and O–H groups in total. The number of aliphatic hydroxyl groups is 1. The molecule has 0 bridgehead atoms. The fourth-order valence-electron chi connectivity index (χ4n) is 2.69. The first-order chi connectivity index (χ1) is 12.3. The maximum atomic E-state index is 8.93. The van der Waals surface area contributed by atoms with E-state index in [2.05, 4.69) is 15.4 Å². The molecule has 0 aliphatic carbocycles. The number of ether oxygens (including phenoxy) is 1. The third-order valence-corrected chi connectivity index (χ3v) is 3.79. The summed E-state index contributed by atoms with van der Waals surface area (Å²) in [5.74, 6) is 0.794. The van der Waals surface area contributed by atoms with Gasteiger partial charge in [-0.3, -0.25) is 9.67 Å². The molecule has 6 nitrogen and oxygen atoms in total. The quantitative estimate of drug-likeness (QED) is 0.658. The number of rotatable bonds is 8. The summed E-state index contributed by atoms with van der Waals surface area (Å²) < 4.78 is 7.39. The minimum Gasteiger partial charge on any atom is -0.491 e. The van der Waals surface area contributed by atoms with Crippen molar-refractivity contribution in [2.45, 2.75) is 13.1 Å². The van der Waals surface area contributed by atoms with Crippen molar-refractivity contribution >= 4 is 0 Å². The Hall–Kier alpha value is -2.70. The summed E-state index contributed by atoms with van der Waals surface area (Å²) in [7, 11) is 1.92. The van der Waals surface area contributed by atoms with E-state index in [1.807, 2.05) is 60.5 Å². The second-order valence-electron chi connectivity index (χ2n) is 5.70. The number of aryl methyl sites for hydroxylation is 1. The number of nitrogens with one attached hydrogen (secondary N) is 1. The van der Waals surface area contributed by atoms with Crippen LogP contribution in [0.3, 0.4) is 0 Å². The average molecular weight is 338 g/mol. The van der Waals surface area contributed by atoms with Crippen molar-refractivity contribution in [1.29, 1.82) is 0 Å². The molecule has 25 heavy (non-hydrogen) atoms. The Balaban J connectivity index is 1.67. The molecule has 0 saturated heterocycles. The first kappa shape index (κ1) is 17.1. The summed E-state index contributed by atoms with van der Waals surface area (Å²) in [6.45, 7) is 1.66. The van der Waals surface area contributed by atoms with Crippen LogP contribution < -0.4 is 10.1 Å². The van der Waals surface area contributed by atoms with Crippen LogP contribution in [0.2, 0.25) is 0 Å². The first-order valence-electron chi connectivity index (χ1n) is 8.23. The zero-order valence-electron chi connectivity index (χ0n) is 14.2. The number of hydrogen-bond donors (Lipinski definition) is 2. The Morgan fingerprint density at radius 2 is 1.96 bits per heavy atom. The van der Waals surface area contributed by atoms with Gasteiger partial charge in [-0.05, 0) is 18.2 Å². The number of para-hydroxylation sites is 1. The summed E-state index contributed by atoms with van der Waals surface area (Å²) in [6.07, 6.45) is 5.60. The van der Waals surface area contributed by atoms with Crippen LogP contribution in [-0.4, -0.2) is 33.1 Å². The molecule has 3 aromatic rings. The van der Waals surface area contributed by atoms with Crippen molar-refractivity contribution < 1.29 is 9.84 Å². The molecule has 2 aromatic heterocycles. The van der Waals surface area contributed by atoms with Crippen molar-refractivity contribution in [3.8, 4) is 17.0 Å². The van der Waals surface area contributed by atoms with Crippen molar-refractivity contribution in [2.75, 3.05) is 13.2 Å². The molecule has 0 aliphatic rings. The number of hydrogen-bond acceptors (Lipinski definition) is 5. The minimum atomic E-state index is 0.00587. The Morgan fingerprint density at radius 3 is 2.76 bits per heavy atom. The van der Waals surface area contributed by atoms with E-state index in [0.29, 0.717) is 19.7 Å². The molecule has 1 aromatic carbocycles. The Labute approximate surface area is 147 Å². The van der Waals surface area contributed by atoms with Crippen LogP contribution in [0.5, 0.6) is 5.75 Å². The van der Waals surface area contributed by atoms with E-state index in [0.717, 1.165) is 28.1 Å². The zero-order valence-corrected chi connectivity index (χ0v) is 14.2. The highest BCUT2D eigenvalue weighted by atomic mass is 16.5. The lowest BCUT2D eigenvalue weighted by atomic mass is 10.1. The van der Waals surface area contributed by atoms with Crippen molar-refractivity contribution in [3.05, 3.63) is 66.1 Å². The molecule has 3 rings (SSSR count). The van der Waals surface area contributed by atoms with E-state index in [-0.39, 0.29) is 6.61 Å². The summed E-state index contributed by atoms with van der Waals surface area (Å²) in [6, 6.07) is 11.8.